The number of phenolic OH excluding ortho intramolecular Hbond substituents is 2. The summed E-state index contributed by atoms with van der Waals surface area (Å²) < 4.78 is 2.44. The predicted octanol–water partition coefficient (Wildman–Crippen LogP) is 3.73. The molecule has 0 saturated heterocycles. The maximum absolute atomic E-state index is 9.74. The molecule has 21 heavy (non-hydrogen) atoms. The maximum Gasteiger partial charge on any atom is 0.121 e. The molecule has 5 heteroatoms. The van der Waals surface area contributed by atoms with Crippen LogP contribution in [0.25, 0.3) is 16.6 Å². The maximum atomic E-state index is 9.74. The van der Waals surface area contributed by atoms with Crippen LogP contribution in [0.5, 0.6) is 11.5 Å². The predicted molar refractivity (Wildman–Crippen MR) is 84.6 cm³/mol. The molecule has 0 aliphatic carbocycles. The second-order valence-electron chi connectivity index (χ2n) is 4.79. The van der Waals surface area contributed by atoms with E-state index in [0.717, 1.165) is 23.1 Å². The highest BCUT2D eigenvalue weighted by atomic mass is 32.1. The Morgan fingerprint density at radius 3 is 2.48 bits per heavy atom. The lowest BCUT2D eigenvalue weighted by molar-refractivity contribution is 0.474. The van der Waals surface area contributed by atoms with Crippen LogP contribution in [0.2, 0.25) is 0 Å². The Hall–Kier alpha value is -2.40. The number of nitrogens with zero attached hydrogens (tertiary/aromatic N) is 2. The molecule has 0 amide bonds. The van der Waals surface area contributed by atoms with Crippen molar-refractivity contribution in [2.75, 3.05) is 0 Å². The molecule has 0 spiro atoms. The number of rotatable bonds is 2. The van der Waals surface area contributed by atoms with Gasteiger partial charge in [-0.3, -0.25) is 4.57 Å². The molecule has 0 saturated carbocycles. The molecule has 0 aliphatic rings. The summed E-state index contributed by atoms with van der Waals surface area (Å²) in [7, 11) is 0. The van der Waals surface area contributed by atoms with Crippen LogP contribution in [-0.2, 0) is 6.42 Å². The first kappa shape index (κ1) is 13.6. The third-order valence-corrected chi connectivity index (χ3v) is 3.84. The van der Waals surface area contributed by atoms with E-state index in [1.165, 1.54) is 0 Å². The number of benzene rings is 2. The second-order valence-corrected chi connectivity index (χ2v) is 5.18. The van der Waals surface area contributed by atoms with Crippen molar-refractivity contribution < 1.29 is 10.2 Å². The Bertz CT molecular complexity index is 870. The minimum atomic E-state index is 0.198. The summed E-state index contributed by atoms with van der Waals surface area (Å²) in [5, 5.41) is 20.0. The molecule has 106 valence electrons. The lowest BCUT2D eigenvalue weighted by atomic mass is 10.1. The quantitative estimate of drug-likeness (QED) is 0.708. The van der Waals surface area contributed by atoms with E-state index in [0.29, 0.717) is 10.2 Å². The number of hydrogen-bond donors (Lipinski definition) is 2. The highest BCUT2D eigenvalue weighted by molar-refractivity contribution is 7.71. The number of aryl methyl sites for hydroxylation is 1. The normalized spacial score (nSPS) is 10.9. The highest BCUT2D eigenvalue weighted by Crippen LogP contribution is 2.26. The number of fused-ring (bicyclic) bond motifs is 1. The third kappa shape index (κ3) is 2.36. The Kier molecular flexibility index (Phi) is 3.35. The van der Waals surface area contributed by atoms with Crippen molar-refractivity contribution in [3.8, 4) is 17.2 Å². The topological polar surface area (TPSA) is 58.3 Å². The summed E-state index contributed by atoms with van der Waals surface area (Å²) >= 11 is 5.58. The fourth-order valence-electron chi connectivity index (χ4n) is 2.39. The van der Waals surface area contributed by atoms with Gasteiger partial charge in [-0.25, -0.2) is 4.98 Å². The van der Waals surface area contributed by atoms with Gasteiger partial charge in [-0.15, -0.1) is 0 Å². The van der Waals surface area contributed by atoms with Crippen molar-refractivity contribution in [2.45, 2.75) is 13.3 Å². The number of aromatic nitrogens is 2. The molecule has 0 atom stereocenters. The van der Waals surface area contributed by atoms with E-state index >= 15 is 0 Å². The summed E-state index contributed by atoms with van der Waals surface area (Å²) in [6.45, 7) is 2.01. The minimum absolute atomic E-state index is 0.198. The van der Waals surface area contributed by atoms with Crippen molar-refractivity contribution in [2.24, 2.45) is 0 Å². The van der Waals surface area contributed by atoms with E-state index in [1.807, 2.05) is 6.92 Å². The Labute approximate surface area is 126 Å². The minimum Gasteiger partial charge on any atom is -0.508 e. The van der Waals surface area contributed by atoms with E-state index in [9.17, 15) is 10.2 Å². The fraction of sp³-hybridized carbons (Fsp3) is 0.125. The Balaban J connectivity index is 2.32. The van der Waals surface area contributed by atoms with Crippen LogP contribution < -0.4 is 0 Å². The summed E-state index contributed by atoms with van der Waals surface area (Å²) in [6, 6.07) is 10.1. The van der Waals surface area contributed by atoms with Gasteiger partial charge in [0.1, 0.15) is 22.5 Å². The molecular weight excluding hydrogens is 284 g/mol. The molecule has 4 nitrogen and oxygen atoms in total. The van der Waals surface area contributed by atoms with Crippen molar-refractivity contribution in [1.82, 2.24) is 9.55 Å². The van der Waals surface area contributed by atoms with Gasteiger partial charge in [-0.05, 0) is 42.3 Å². The Morgan fingerprint density at radius 2 is 1.81 bits per heavy atom. The standard InChI is InChI=1S/C16H14N2O2S/c1-2-10-7-13(20)8-14-15(10)16(21)18(9-17-14)11-3-5-12(19)6-4-11/h3-9,19-20H,2H2,1H3. The highest BCUT2D eigenvalue weighted by Gasteiger charge is 2.08. The van der Waals surface area contributed by atoms with Crippen LogP contribution in [-0.4, -0.2) is 19.8 Å². The van der Waals surface area contributed by atoms with Gasteiger partial charge in [-0.1, -0.05) is 19.1 Å². The average molecular weight is 298 g/mol. The zero-order valence-electron chi connectivity index (χ0n) is 11.4. The van der Waals surface area contributed by atoms with Crippen molar-refractivity contribution in [3.05, 3.63) is 52.9 Å². The van der Waals surface area contributed by atoms with Gasteiger partial charge in [0.25, 0.3) is 0 Å². The lowest BCUT2D eigenvalue weighted by Gasteiger charge is -2.11. The van der Waals surface area contributed by atoms with Crippen LogP contribution in [0.1, 0.15) is 12.5 Å². The molecule has 0 fully saturated rings. The first-order valence-corrected chi connectivity index (χ1v) is 7.03. The first-order chi connectivity index (χ1) is 10.1. The molecule has 2 N–H and O–H groups in total. The number of hydrogen-bond acceptors (Lipinski definition) is 4. The number of phenols is 2. The average Bonchev–Trinajstić information content (AvgIpc) is 2.48. The SMILES string of the molecule is CCc1cc(O)cc2ncn(-c3ccc(O)cc3)c(=S)c12. The molecule has 1 heterocycles. The Morgan fingerprint density at radius 1 is 1.10 bits per heavy atom. The fourth-order valence-corrected chi connectivity index (χ4v) is 2.77. The molecule has 3 rings (SSSR count). The summed E-state index contributed by atoms with van der Waals surface area (Å²) in [5.74, 6) is 0.404. The van der Waals surface area contributed by atoms with Gasteiger partial charge in [0, 0.05) is 17.1 Å². The molecule has 3 aromatic rings. The molecule has 1 aromatic heterocycles. The molecular formula is C16H14N2O2S. The molecule has 0 radical (unpaired) electrons. The third-order valence-electron chi connectivity index (χ3n) is 3.44. The van der Waals surface area contributed by atoms with Crippen LogP contribution in [0.4, 0.5) is 0 Å². The van der Waals surface area contributed by atoms with Gasteiger partial charge in [0.15, 0.2) is 0 Å². The smallest absolute Gasteiger partial charge is 0.121 e. The summed E-state index contributed by atoms with van der Waals surface area (Å²) in [4.78, 5) is 4.38. The van der Waals surface area contributed by atoms with Crippen LogP contribution >= 0.6 is 12.2 Å². The summed E-state index contributed by atoms with van der Waals surface area (Å²) in [5.41, 5.74) is 2.49. The van der Waals surface area contributed by atoms with Gasteiger partial charge in [-0.2, -0.15) is 0 Å². The van der Waals surface area contributed by atoms with Crippen molar-refractivity contribution in [3.63, 3.8) is 0 Å². The van der Waals surface area contributed by atoms with E-state index in [1.54, 1.807) is 47.3 Å². The van der Waals surface area contributed by atoms with Crippen molar-refractivity contribution >= 4 is 23.1 Å². The van der Waals surface area contributed by atoms with Crippen LogP contribution in [0.15, 0.2) is 42.7 Å². The lowest BCUT2D eigenvalue weighted by Crippen LogP contribution is -2.00. The molecule has 0 aliphatic heterocycles. The molecule has 0 unspecified atom stereocenters. The summed E-state index contributed by atoms with van der Waals surface area (Å²) in [6.07, 6.45) is 2.39. The van der Waals surface area contributed by atoms with Gasteiger partial charge >= 0.3 is 0 Å². The molecule has 2 aromatic carbocycles. The van der Waals surface area contributed by atoms with E-state index in [4.69, 9.17) is 12.2 Å². The second kappa shape index (κ2) is 5.18. The van der Waals surface area contributed by atoms with Crippen LogP contribution in [0.3, 0.4) is 0 Å². The van der Waals surface area contributed by atoms with Crippen molar-refractivity contribution in [1.29, 1.82) is 0 Å². The zero-order chi connectivity index (χ0) is 15.0. The monoisotopic (exact) mass is 298 g/mol. The van der Waals surface area contributed by atoms with Crippen LogP contribution in [0, 0.1) is 4.64 Å². The first-order valence-electron chi connectivity index (χ1n) is 6.63. The van der Waals surface area contributed by atoms with Gasteiger partial charge < -0.3 is 10.2 Å². The van der Waals surface area contributed by atoms with E-state index in [2.05, 4.69) is 4.98 Å². The molecule has 0 bridgehead atoms. The van der Waals surface area contributed by atoms with E-state index in [-0.39, 0.29) is 11.5 Å². The largest absolute Gasteiger partial charge is 0.508 e. The zero-order valence-corrected chi connectivity index (χ0v) is 12.3. The van der Waals surface area contributed by atoms with E-state index < -0.39 is 0 Å². The van der Waals surface area contributed by atoms with Gasteiger partial charge in [0.05, 0.1) is 5.52 Å². The van der Waals surface area contributed by atoms with Gasteiger partial charge in [0.2, 0.25) is 0 Å². The number of aromatic hydroxyl groups is 2.